The fraction of sp³-hybridized carbons (Fsp3) is 0.333. The molecule has 100 valence electrons. The van der Waals surface area contributed by atoms with Gasteiger partial charge in [0.05, 0.1) is 0 Å². The van der Waals surface area contributed by atoms with Gasteiger partial charge in [0, 0.05) is 0 Å². The van der Waals surface area contributed by atoms with Gasteiger partial charge in [0.1, 0.15) is 0 Å². The maximum absolute atomic E-state index is 4.52. The van der Waals surface area contributed by atoms with Crippen LogP contribution >= 0.6 is 12.6 Å². The molecule has 19 heavy (non-hydrogen) atoms. The Hall–Kier alpha value is -1.21. The van der Waals surface area contributed by atoms with Crippen molar-refractivity contribution in [2.75, 3.05) is 5.75 Å². The molecule has 0 spiro atoms. The first-order chi connectivity index (χ1) is 9.19. The lowest BCUT2D eigenvalue weighted by atomic mass is 9.93. The van der Waals surface area contributed by atoms with Gasteiger partial charge in [-0.3, -0.25) is 0 Å². The quantitative estimate of drug-likeness (QED) is 0.730. The fourth-order valence-corrected chi connectivity index (χ4v) is 2.69. The Bertz CT molecular complexity index is 496. The third-order valence-electron chi connectivity index (χ3n) is 3.67. The van der Waals surface area contributed by atoms with Crippen LogP contribution in [-0.4, -0.2) is 5.75 Å². The van der Waals surface area contributed by atoms with Gasteiger partial charge in [0.25, 0.3) is 0 Å². The fourth-order valence-electron chi connectivity index (χ4n) is 2.30. The molecule has 1 heteroatoms. The lowest BCUT2D eigenvalue weighted by molar-refractivity contribution is 0.689. The number of hydrogen-bond donors (Lipinski definition) is 1. The van der Waals surface area contributed by atoms with Gasteiger partial charge in [-0.1, -0.05) is 59.7 Å². The van der Waals surface area contributed by atoms with Crippen LogP contribution in [0.2, 0.25) is 0 Å². The second-order valence-corrected chi connectivity index (χ2v) is 5.68. The summed E-state index contributed by atoms with van der Waals surface area (Å²) >= 11 is 4.52. The van der Waals surface area contributed by atoms with Gasteiger partial charge in [-0.05, 0) is 49.5 Å². The lowest BCUT2D eigenvalue weighted by Crippen LogP contribution is -2.02. The number of benzene rings is 2. The van der Waals surface area contributed by atoms with Crippen molar-refractivity contribution >= 4 is 12.6 Å². The van der Waals surface area contributed by atoms with Crippen molar-refractivity contribution in [1.82, 2.24) is 0 Å². The largest absolute Gasteiger partial charge is 0.179 e. The van der Waals surface area contributed by atoms with Gasteiger partial charge in [-0.2, -0.15) is 12.6 Å². The first-order valence-electron chi connectivity index (χ1n) is 6.92. The first-order valence-corrected chi connectivity index (χ1v) is 7.55. The van der Waals surface area contributed by atoms with E-state index in [4.69, 9.17) is 0 Å². The predicted molar refractivity (Wildman–Crippen MR) is 87.3 cm³/mol. The molecule has 0 aromatic heterocycles. The van der Waals surface area contributed by atoms with Crippen LogP contribution in [0.4, 0.5) is 0 Å². The van der Waals surface area contributed by atoms with Crippen LogP contribution < -0.4 is 0 Å². The van der Waals surface area contributed by atoms with E-state index in [0.29, 0.717) is 5.92 Å². The minimum Gasteiger partial charge on any atom is -0.179 e. The Morgan fingerprint density at radius 1 is 0.842 bits per heavy atom. The second-order valence-electron chi connectivity index (χ2n) is 5.31. The summed E-state index contributed by atoms with van der Waals surface area (Å²) < 4.78 is 0. The summed E-state index contributed by atoms with van der Waals surface area (Å²) in [5.74, 6) is 1.46. The molecule has 0 fully saturated rings. The van der Waals surface area contributed by atoms with Crippen molar-refractivity contribution in [1.29, 1.82) is 0 Å². The molecule has 2 aromatic carbocycles. The maximum Gasteiger partial charge on any atom is -0.00288 e. The molecule has 0 saturated carbocycles. The molecule has 0 saturated heterocycles. The molecule has 0 heterocycles. The van der Waals surface area contributed by atoms with Gasteiger partial charge in [-0.25, -0.2) is 0 Å². The van der Waals surface area contributed by atoms with Gasteiger partial charge in [0.15, 0.2) is 0 Å². The summed E-state index contributed by atoms with van der Waals surface area (Å²) in [6, 6.07) is 17.7. The molecule has 0 aliphatic carbocycles. The SMILES string of the molecule is Cc1ccc(CCC(CS)c2ccc(C)cc2)cc1. The number of hydrogen-bond acceptors (Lipinski definition) is 1. The van der Waals surface area contributed by atoms with Crippen molar-refractivity contribution in [2.24, 2.45) is 0 Å². The van der Waals surface area contributed by atoms with Crippen LogP contribution in [0.15, 0.2) is 48.5 Å². The number of thiol groups is 1. The van der Waals surface area contributed by atoms with Crippen molar-refractivity contribution in [3.05, 3.63) is 70.8 Å². The zero-order valence-corrected chi connectivity index (χ0v) is 12.7. The summed E-state index contributed by atoms with van der Waals surface area (Å²) in [6.45, 7) is 4.26. The maximum atomic E-state index is 4.52. The van der Waals surface area contributed by atoms with E-state index in [9.17, 15) is 0 Å². The summed E-state index contributed by atoms with van der Waals surface area (Å²) in [4.78, 5) is 0. The molecule has 0 aliphatic rings. The zero-order valence-electron chi connectivity index (χ0n) is 11.8. The highest BCUT2D eigenvalue weighted by molar-refractivity contribution is 7.80. The van der Waals surface area contributed by atoms with Crippen molar-refractivity contribution < 1.29 is 0 Å². The molecular weight excluding hydrogens is 248 g/mol. The van der Waals surface area contributed by atoms with Gasteiger partial charge in [-0.15, -0.1) is 0 Å². The van der Waals surface area contributed by atoms with Crippen LogP contribution in [0.3, 0.4) is 0 Å². The Kier molecular flexibility index (Phi) is 5.09. The van der Waals surface area contributed by atoms with E-state index in [1.807, 2.05) is 0 Å². The standard InChI is InChI=1S/C18H22S/c1-14-3-7-16(8-4-14)9-12-18(13-19)17-10-5-15(2)6-11-17/h3-8,10-11,18-19H,9,12-13H2,1-2H3. The minimum atomic E-state index is 0.547. The molecule has 0 aliphatic heterocycles. The van der Waals surface area contributed by atoms with Crippen molar-refractivity contribution in [3.8, 4) is 0 Å². The highest BCUT2D eigenvalue weighted by Crippen LogP contribution is 2.23. The molecule has 1 unspecified atom stereocenters. The lowest BCUT2D eigenvalue weighted by Gasteiger charge is -2.15. The molecule has 0 bridgehead atoms. The van der Waals surface area contributed by atoms with Gasteiger partial charge < -0.3 is 0 Å². The predicted octanol–water partition coefficient (Wildman–Crippen LogP) is 4.95. The Morgan fingerprint density at radius 2 is 1.37 bits per heavy atom. The zero-order chi connectivity index (χ0) is 13.7. The van der Waals surface area contributed by atoms with Crippen molar-refractivity contribution in [3.63, 3.8) is 0 Å². The van der Waals surface area contributed by atoms with Crippen LogP contribution in [-0.2, 0) is 6.42 Å². The van der Waals surface area contributed by atoms with E-state index in [0.717, 1.165) is 18.6 Å². The van der Waals surface area contributed by atoms with Crippen LogP contribution in [0.5, 0.6) is 0 Å². The number of aryl methyl sites for hydroxylation is 3. The van der Waals surface area contributed by atoms with Gasteiger partial charge in [0.2, 0.25) is 0 Å². The number of rotatable bonds is 5. The molecular formula is C18H22S. The summed E-state index contributed by atoms with van der Waals surface area (Å²) in [5.41, 5.74) is 5.48. The average Bonchev–Trinajstić information content (AvgIpc) is 2.43. The molecule has 0 N–H and O–H groups in total. The monoisotopic (exact) mass is 270 g/mol. The Morgan fingerprint density at radius 3 is 1.89 bits per heavy atom. The van der Waals surface area contributed by atoms with Crippen LogP contribution in [0, 0.1) is 13.8 Å². The van der Waals surface area contributed by atoms with Crippen molar-refractivity contribution in [2.45, 2.75) is 32.6 Å². The molecule has 0 nitrogen and oxygen atoms in total. The molecule has 0 amide bonds. The topological polar surface area (TPSA) is 0 Å². The minimum absolute atomic E-state index is 0.547. The van der Waals surface area contributed by atoms with Crippen LogP contribution in [0.1, 0.15) is 34.6 Å². The summed E-state index contributed by atoms with van der Waals surface area (Å²) in [6.07, 6.45) is 2.29. The van der Waals surface area contributed by atoms with Gasteiger partial charge >= 0.3 is 0 Å². The summed E-state index contributed by atoms with van der Waals surface area (Å²) in [5, 5.41) is 0. The smallest absolute Gasteiger partial charge is 0.00288 e. The molecule has 0 radical (unpaired) electrons. The first kappa shape index (κ1) is 14.2. The Balaban J connectivity index is 1.99. The van der Waals surface area contributed by atoms with E-state index in [2.05, 4.69) is 75.0 Å². The van der Waals surface area contributed by atoms with Crippen LogP contribution in [0.25, 0.3) is 0 Å². The van der Waals surface area contributed by atoms with E-state index in [1.54, 1.807) is 0 Å². The average molecular weight is 270 g/mol. The van der Waals surface area contributed by atoms with E-state index >= 15 is 0 Å². The van der Waals surface area contributed by atoms with E-state index in [1.165, 1.54) is 22.3 Å². The molecule has 1 atom stereocenters. The third-order valence-corrected chi connectivity index (χ3v) is 4.11. The highest BCUT2D eigenvalue weighted by Gasteiger charge is 2.09. The normalized spacial score (nSPS) is 12.4. The highest BCUT2D eigenvalue weighted by atomic mass is 32.1. The second kappa shape index (κ2) is 6.81. The van der Waals surface area contributed by atoms with E-state index < -0.39 is 0 Å². The molecule has 2 aromatic rings. The molecule has 2 rings (SSSR count). The third kappa shape index (κ3) is 4.14. The van der Waals surface area contributed by atoms with E-state index in [-0.39, 0.29) is 0 Å². The Labute approximate surface area is 122 Å². The summed E-state index contributed by atoms with van der Waals surface area (Å²) in [7, 11) is 0.